The van der Waals surface area contributed by atoms with E-state index < -0.39 is 0 Å². The van der Waals surface area contributed by atoms with Gasteiger partial charge in [0, 0.05) is 23.5 Å². The molecule has 2 aromatic rings. The minimum Gasteiger partial charge on any atom is -0.399 e. The highest BCUT2D eigenvalue weighted by Gasteiger charge is 2.26. The molecule has 0 aliphatic carbocycles. The van der Waals surface area contributed by atoms with E-state index in [2.05, 4.69) is 0 Å². The molecule has 1 saturated heterocycles. The number of hydrogen-bond acceptors (Lipinski definition) is 4. The molecule has 1 atom stereocenters. The summed E-state index contributed by atoms with van der Waals surface area (Å²) >= 11 is 1.47. The van der Waals surface area contributed by atoms with Crippen molar-refractivity contribution in [2.24, 2.45) is 0 Å². The molecule has 18 heavy (non-hydrogen) atoms. The largest absolute Gasteiger partial charge is 0.399 e. The van der Waals surface area contributed by atoms with Crippen molar-refractivity contribution in [1.82, 2.24) is 4.90 Å². The van der Waals surface area contributed by atoms with Crippen LogP contribution in [0.25, 0.3) is 10.1 Å². The van der Waals surface area contributed by atoms with Gasteiger partial charge in [-0.15, -0.1) is 11.3 Å². The molecule has 1 aromatic heterocycles. The first-order valence-corrected chi connectivity index (χ1v) is 6.71. The number of thiophene rings is 1. The summed E-state index contributed by atoms with van der Waals surface area (Å²) < 4.78 is 1.06. The zero-order chi connectivity index (χ0) is 12.7. The number of aliphatic hydroxyl groups is 1. The van der Waals surface area contributed by atoms with Gasteiger partial charge in [0.15, 0.2) is 0 Å². The Hall–Kier alpha value is -1.59. The number of aliphatic hydroxyl groups excluding tert-OH is 1. The maximum atomic E-state index is 12.2. The molecule has 1 aliphatic rings. The highest BCUT2D eigenvalue weighted by atomic mass is 32.1. The summed E-state index contributed by atoms with van der Waals surface area (Å²) in [5.41, 5.74) is 6.43. The van der Waals surface area contributed by atoms with Crippen molar-refractivity contribution in [3.63, 3.8) is 0 Å². The molecule has 0 radical (unpaired) electrons. The van der Waals surface area contributed by atoms with Gasteiger partial charge in [-0.25, -0.2) is 0 Å². The topological polar surface area (TPSA) is 66.6 Å². The molecule has 0 unspecified atom stereocenters. The average molecular weight is 262 g/mol. The number of nitrogens with two attached hydrogens (primary N) is 1. The summed E-state index contributed by atoms with van der Waals surface area (Å²) in [6, 6.07) is 7.53. The summed E-state index contributed by atoms with van der Waals surface area (Å²) in [5.74, 6) is 0.00585. The third kappa shape index (κ3) is 1.95. The fourth-order valence-electron chi connectivity index (χ4n) is 2.25. The zero-order valence-electron chi connectivity index (χ0n) is 9.80. The first-order chi connectivity index (χ1) is 8.63. The fraction of sp³-hybridized carbons (Fsp3) is 0.308. The molecular weight excluding hydrogens is 248 g/mol. The van der Waals surface area contributed by atoms with Gasteiger partial charge in [0.1, 0.15) is 0 Å². The lowest BCUT2D eigenvalue weighted by Crippen LogP contribution is -2.28. The van der Waals surface area contributed by atoms with Crippen molar-refractivity contribution < 1.29 is 9.90 Å². The number of carbonyl (C=O) groups excluding carboxylic acids is 1. The number of nitrogens with zero attached hydrogens (tertiary/aromatic N) is 1. The van der Waals surface area contributed by atoms with Crippen molar-refractivity contribution in [3.05, 3.63) is 29.1 Å². The number of benzene rings is 1. The number of fused-ring (bicyclic) bond motifs is 1. The molecule has 1 amide bonds. The molecule has 4 nitrogen and oxygen atoms in total. The monoisotopic (exact) mass is 262 g/mol. The normalized spacial score (nSPS) is 19.6. The van der Waals surface area contributed by atoms with Crippen LogP contribution in [-0.2, 0) is 0 Å². The maximum Gasteiger partial charge on any atom is 0.264 e. The molecule has 0 bridgehead atoms. The van der Waals surface area contributed by atoms with Crippen LogP contribution in [0.4, 0.5) is 5.69 Å². The summed E-state index contributed by atoms with van der Waals surface area (Å²) in [6.07, 6.45) is 0.294. The van der Waals surface area contributed by atoms with Crippen molar-refractivity contribution in [1.29, 1.82) is 0 Å². The maximum absolute atomic E-state index is 12.2. The molecule has 1 aromatic carbocycles. The predicted molar refractivity (Wildman–Crippen MR) is 72.8 cm³/mol. The second-order valence-corrected chi connectivity index (χ2v) is 5.69. The van der Waals surface area contributed by atoms with Crippen LogP contribution < -0.4 is 5.73 Å². The number of likely N-dealkylation sites (tertiary alicyclic amines) is 1. The molecule has 94 valence electrons. The van der Waals surface area contributed by atoms with E-state index in [1.807, 2.05) is 24.3 Å². The summed E-state index contributed by atoms with van der Waals surface area (Å²) in [4.78, 5) is 14.7. The van der Waals surface area contributed by atoms with Crippen LogP contribution in [0.1, 0.15) is 16.1 Å². The number of carbonyl (C=O) groups is 1. The van der Waals surface area contributed by atoms with Crippen LogP contribution in [0, 0.1) is 0 Å². The van der Waals surface area contributed by atoms with Crippen molar-refractivity contribution in [2.45, 2.75) is 12.5 Å². The van der Waals surface area contributed by atoms with Crippen LogP contribution in [0.3, 0.4) is 0 Å². The smallest absolute Gasteiger partial charge is 0.264 e. The van der Waals surface area contributed by atoms with E-state index in [4.69, 9.17) is 5.73 Å². The van der Waals surface area contributed by atoms with Gasteiger partial charge in [-0.3, -0.25) is 4.79 Å². The standard InChI is InChI=1S/C13H14N2O2S/c14-9-1-2-11-8(5-9)6-12(18-11)13(17)15-4-3-10(16)7-15/h1-2,5-6,10,16H,3-4,7,14H2/t10-/m1/s1. The third-order valence-corrected chi connectivity index (χ3v) is 4.31. The SMILES string of the molecule is Nc1ccc2sc(C(=O)N3CC[C@@H](O)C3)cc2c1. The van der Waals surface area contributed by atoms with Crippen LogP contribution in [0.15, 0.2) is 24.3 Å². The Balaban J connectivity index is 1.92. The van der Waals surface area contributed by atoms with Gasteiger partial charge >= 0.3 is 0 Å². The lowest BCUT2D eigenvalue weighted by Gasteiger charge is -2.13. The first kappa shape index (κ1) is 11.5. The van der Waals surface area contributed by atoms with Gasteiger partial charge in [-0.05, 0) is 36.1 Å². The van der Waals surface area contributed by atoms with Crippen LogP contribution in [0.5, 0.6) is 0 Å². The molecule has 1 aliphatic heterocycles. The molecule has 0 saturated carbocycles. The molecular formula is C13H14N2O2S. The van der Waals surface area contributed by atoms with E-state index in [0.29, 0.717) is 30.1 Å². The Morgan fingerprint density at radius 2 is 2.28 bits per heavy atom. The summed E-state index contributed by atoms with van der Waals surface area (Å²) in [7, 11) is 0. The van der Waals surface area contributed by atoms with Gasteiger partial charge in [0.25, 0.3) is 5.91 Å². The van der Waals surface area contributed by atoms with E-state index in [1.54, 1.807) is 4.90 Å². The Labute approximate surface area is 109 Å². The number of anilines is 1. The highest BCUT2D eigenvalue weighted by Crippen LogP contribution is 2.28. The lowest BCUT2D eigenvalue weighted by atomic mass is 10.2. The van der Waals surface area contributed by atoms with E-state index in [1.165, 1.54) is 11.3 Å². The molecule has 5 heteroatoms. The molecule has 1 fully saturated rings. The molecule has 3 N–H and O–H groups in total. The first-order valence-electron chi connectivity index (χ1n) is 5.90. The van der Waals surface area contributed by atoms with Gasteiger partial charge in [0.05, 0.1) is 11.0 Å². The van der Waals surface area contributed by atoms with E-state index in [-0.39, 0.29) is 12.0 Å². The average Bonchev–Trinajstić information content (AvgIpc) is 2.93. The molecule has 2 heterocycles. The quantitative estimate of drug-likeness (QED) is 0.769. The van der Waals surface area contributed by atoms with Gasteiger partial charge in [-0.1, -0.05) is 0 Å². The Morgan fingerprint density at radius 1 is 1.44 bits per heavy atom. The lowest BCUT2D eigenvalue weighted by molar-refractivity contribution is 0.0770. The second-order valence-electron chi connectivity index (χ2n) is 4.60. The highest BCUT2D eigenvalue weighted by molar-refractivity contribution is 7.20. The number of rotatable bonds is 1. The van der Waals surface area contributed by atoms with Gasteiger partial charge in [-0.2, -0.15) is 0 Å². The Bertz CT molecular complexity index is 608. The van der Waals surface area contributed by atoms with Crippen molar-refractivity contribution in [2.75, 3.05) is 18.8 Å². The van der Waals surface area contributed by atoms with Crippen LogP contribution in [-0.4, -0.2) is 35.1 Å². The predicted octanol–water partition coefficient (Wildman–Crippen LogP) is 1.69. The van der Waals surface area contributed by atoms with Gasteiger partial charge < -0.3 is 15.7 Å². The number of β-amino-alcohol motifs (C(OH)–C–C–N with tert-alkyl or cyclic N) is 1. The zero-order valence-corrected chi connectivity index (χ0v) is 10.6. The fourth-order valence-corrected chi connectivity index (χ4v) is 3.26. The molecule has 3 rings (SSSR count). The van der Waals surface area contributed by atoms with Crippen molar-refractivity contribution >= 4 is 33.0 Å². The minimum absolute atomic E-state index is 0.00585. The second kappa shape index (κ2) is 4.26. The Kier molecular flexibility index (Phi) is 2.72. The van der Waals surface area contributed by atoms with E-state index in [9.17, 15) is 9.90 Å². The number of hydrogen-bond donors (Lipinski definition) is 2. The summed E-state index contributed by atoms with van der Waals surface area (Å²) in [6.45, 7) is 1.08. The van der Waals surface area contributed by atoms with Crippen LogP contribution in [0.2, 0.25) is 0 Å². The van der Waals surface area contributed by atoms with Crippen LogP contribution >= 0.6 is 11.3 Å². The third-order valence-electron chi connectivity index (χ3n) is 3.20. The number of amides is 1. The molecule has 0 spiro atoms. The van der Waals surface area contributed by atoms with Gasteiger partial charge in [0.2, 0.25) is 0 Å². The van der Waals surface area contributed by atoms with E-state index >= 15 is 0 Å². The summed E-state index contributed by atoms with van der Waals surface area (Å²) in [5, 5.41) is 10.5. The Morgan fingerprint density at radius 3 is 3.00 bits per heavy atom. The minimum atomic E-state index is -0.376. The van der Waals surface area contributed by atoms with Crippen molar-refractivity contribution in [3.8, 4) is 0 Å². The van der Waals surface area contributed by atoms with E-state index in [0.717, 1.165) is 10.1 Å². The number of nitrogen functional groups attached to an aromatic ring is 1.